The Labute approximate surface area is 240 Å². The molecule has 6 nitrogen and oxygen atoms in total. The Balaban J connectivity index is 1.52. The minimum absolute atomic E-state index is 0.143. The lowest BCUT2D eigenvalue weighted by Gasteiger charge is -2.27. The van der Waals surface area contributed by atoms with Gasteiger partial charge in [0.1, 0.15) is 5.58 Å². The summed E-state index contributed by atoms with van der Waals surface area (Å²) in [7, 11) is 0. The summed E-state index contributed by atoms with van der Waals surface area (Å²) < 4.78 is 35.6. The molecule has 0 saturated heterocycles. The van der Waals surface area contributed by atoms with Gasteiger partial charge in [0.2, 0.25) is 5.76 Å². The highest BCUT2D eigenvalue weighted by Gasteiger charge is 2.25. The highest BCUT2D eigenvalue weighted by Crippen LogP contribution is 2.34. The molecule has 0 fully saturated rings. The van der Waals surface area contributed by atoms with E-state index >= 15 is 0 Å². The lowest BCUT2D eigenvalue weighted by Crippen LogP contribution is -2.30. The molecule has 0 aliphatic rings. The quantitative estimate of drug-likeness (QED) is 0.143. The monoisotopic (exact) mass is 573 g/mol. The molecule has 0 saturated carbocycles. The number of furan rings is 1. The summed E-state index contributed by atoms with van der Waals surface area (Å²) in [5, 5.41) is 2.83. The number of esters is 1. The van der Waals surface area contributed by atoms with Gasteiger partial charge in [0, 0.05) is 28.3 Å². The Morgan fingerprint density at radius 3 is 2.25 bits per heavy atom. The van der Waals surface area contributed by atoms with E-state index in [1.165, 1.54) is 14.7 Å². The van der Waals surface area contributed by atoms with Crippen molar-refractivity contribution >= 4 is 45.2 Å². The molecule has 5 rings (SSSR count). The van der Waals surface area contributed by atoms with Gasteiger partial charge in [-0.3, -0.25) is 8.86 Å². The summed E-state index contributed by atoms with van der Waals surface area (Å²) in [4.78, 5) is 13.6. The summed E-state index contributed by atoms with van der Waals surface area (Å²) in [5.74, 6) is -0.558. The van der Waals surface area contributed by atoms with Gasteiger partial charge >= 0.3 is 5.97 Å². The number of anilines is 1. The van der Waals surface area contributed by atoms with Crippen molar-refractivity contribution in [3.63, 3.8) is 0 Å². The smallest absolute Gasteiger partial charge is 0.374 e. The molecule has 0 aliphatic heterocycles. The van der Waals surface area contributed by atoms with Crippen LogP contribution in [-0.4, -0.2) is 27.9 Å². The van der Waals surface area contributed by atoms with Gasteiger partial charge in [0.15, 0.2) is 0 Å². The van der Waals surface area contributed by atoms with Crippen LogP contribution in [0.2, 0.25) is 0 Å². The van der Waals surface area contributed by atoms with Crippen LogP contribution in [0, 0.1) is 20.8 Å². The van der Waals surface area contributed by atoms with E-state index in [4.69, 9.17) is 9.15 Å². The topological polar surface area (TPSA) is 80.0 Å². The summed E-state index contributed by atoms with van der Waals surface area (Å²) in [6, 6.07) is 24.1. The van der Waals surface area contributed by atoms with Crippen LogP contribution in [-0.2, 0) is 16.0 Å². The number of rotatable bonds is 9. The molecule has 0 amide bonds. The first kappa shape index (κ1) is 27.8. The fourth-order valence-electron chi connectivity index (χ4n) is 4.84. The molecule has 2 atom stereocenters. The Bertz CT molecular complexity index is 1670. The minimum Gasteiger partial charge on any atom is -0.460 e. The zero-order valence-corrected chi connectivity index (χ0v) is 24.5. The number of carbonyl (C=O) groups is 1. The van der Waals surface area contributed by atoms with Crippen molar-refractivity contribution < 1.29 is 22.7 Å². The van der Waals surface area contributed by atoms with Crippen molar-refractivity contribution in [3.8, 4) is 10.4 Å². The third kappa shape index (κ3) is 5.75. The molecular weight excluding hydrogens is 542 g/mol. The number of aryl methyl sites for hydroxylation is 3. The first-order valence-electron chi connectivity index (χ1n) is 13.1. The first-order chi connectivity index (χ1) is 19.2. The number of nitrogens with zero attached hydrogens (tertiary/aromatic N) is 1. The van der Waals surface area contributed by atoms with Crippen LogP contribution in [0.4, 0.5) is 5.69 Å². The number of fused-ring (bicyclic) bond motifs is 1. The second-order valence-electron chi connectivity index (χ2n) is 9.82. The fourth-order valence-corrected chi connectivity index (χ4v) is 6.32. The van der Waals surface area contributed by atoms with E-state index in [1.807, 2.05) is 6.92 Å². The van der Waals surface area contributed by atoms with E-state index in [0.29, 0.717) is 22.2 Å². The van der Waals surface area contributed by atoms with Crippen LogP contribution in [0.5, 0.6) is 0 Å². The van der Waals surface area contributed by atoms with E-state index < -0.39 is 17.2 Å². The summed E-state index contributed by atoms with van der Waals surface area (Å²) in [5.41, 5.74) is 7.32. The Morgan fingerprint density at radius 1 is 0.975 bits per heavy atom. The van der Waals surface area contributed by atoms with Crippen LogP contribution in [0.25, 0.3) is 21.4 Å². The maximum absolute atomic E-state index is 12.8. The highest BCUT2D eigenvalue weighted by atomic mass is 32.2. The number of benzene rings is 3. The lowest BCUT2D eigenvalue weighted by atomic mass is 9.90. The third-order valence-electron chi connectivity index (χ3n) is 7.01. The van der Waals surface area contributed by atoms with Crippen molar-refractivity contribution in [2.45, 2.75) is 33.6 Å². The van der Waals surface area contributed by atoms with Gasteiger partial charge in [-0.1, -0.05) is 54.1 Å². The van der Waals surface area contributed by atoms with Gasteiger partial charge in [-0.15, -0.1) is 11.3 Å². The molecule has 0 radical (unpaired) electrons. The summed E-state index contributed by atoms with van der Waals surface area (Å²) in [6.07, 6.45) is 0. The van der Waals surface area contributed by atoms with E-state index in [-0.39, 0.29) is 24.8 Å². The van der Waals surface area contributed by atoms with Crippen molar-refractivity contribution in [1.29, 1.82) is 0 Å². The van der Waals surface area contributed by atoms with Gasteiger partial charge in [0.25, 0.3) is 11.3 Å². The number of hydrogen-bond donors (Lipinski definition) is 1. The Morgan fingerprint density at radius 2 is 1.65 bits per heavy atom. The van der Waals surface area contributed by atoms with E-state index in [9.17, 15) is 13.6 Å². The van der Waals surface area contributed by atoms with Crippen LogP contribution in [0.1, 0.15) is 51.2 Å². The maximum Gasteiger partial charge on any atom is 0.374 e. The van der Waals surface area contributed by atoms with Gasteiger partial charge in [0.05, 0.1) is 12.3 Å². The molecule has 3 aromatic carbocycles. The average Bonchev–Trinajstić information content (AvgIpc) is 3.53. The van der Waals surface area contributed by atoms with Crippen LogP contribution in [0.3, 0.4) is 0 Å². The summed E-state index contributed by atoms with van der Waals surface area (Å²) in [6.45, 7) is 8.16. The molecule has 5 aromatic rings. The van der Waals surface area contributed by atoms with Crippen LogP contribution in [0.15, 0.2) is 82.6 Å². The molecule has 1 N–H and O–H groups in total. The molecule has 40 heavy (non-hydrogen) atoms. The van der Waals surface area contributed by atoms with Crippen LogP contribution < -0.4 is 4.31 Å². The van der Waals surface area contributed by atoms with E-state index in [2.05, 4.69) is 66.9 Å². The number of hydrogen-bond acceptors (Lipinski definition) is 5. The molecule has 0 bridgehead atoms. The zero-order chi connectivity index (χ0) is 28.4. The van der Waals surface area contributed by atoms with E-state index in [0.717, 1.165) is 22.3 Å². The zero-order valence-electron chi connectivity index (χ0n) is 22.8. The molecule has 2 aromatic heterocycles. The summed E-state index contributed by atoms with van der Waals surface area (Å²) >= 11 is -0.583. The fraction of sp³-hybridized carbons (Fsp3) is 0.219. The van der Waals surface area contributed by atoms with Crippen molar-refractivity contribution in [1.82, 2.24) is 0 Å². The molecule has 2 unspecified atom stereocenters. The average molecular weight is 574 g/mol. The van der Waals surface area contributed by atoms with Gasteiger partial charge in [-0.25, -0.2) is 9.00 Å². The maximum atomic E-state index is 12.8. The second kappa shape index (κ2) is 11.8. The molecule has 0 aliphatic carbocycles. The van der Waals surface area contributed by atoms with Gasteiger partial charge < -0.3 is 9.15 Å². The molecule has 2 heterocycles. The SMILES string of the molecule is CCOC(=O)c1oc2ccc(N(CC(c3ccc(C)cc3)c3ccc(-c4cc(C)cs4)cc3)S(=O)O)cc2c1C. The van der Waals surface area contributed by atoms with Gasteiger partial charge in [-0.2, -0.15) is 0 Å². The molecule has 8 heteroatoms. The normalized spacial score (nSPS) is 12.8. The Hall–Kier alpha value is -3.72. The number of ether oxygens (including phenoxy) is 1. The highest BCUT2D eigenvalue weighted by molar-refractivity contribution is 7.80. The molecule has 206 valence electrons. The van der Waals surface area contributed by atoms with Crippen molar-refractivity contribution in [2.75, 3.05) is 17.5 Å². The minimum atomic E-state index is -2.30. The lowest BCUT2D eigenvalue weighted by molar-refractivity contribution is 0.0491. The third-order valence-corrected chi connectivity index (χ3v) is 8.85. The largest absolute Gasteiger partial charge is 0.460 e. The molecular formula is C32H31NO5S2. The predicted molar refractivity (Wildman–Crippen MR) is 163 cm³/mol. The molecule has 0 spiro atoms. The van der Waals surface area contributed by atoms with Gasteiger partial charge in [-0.05, 0) is 79.6 Å². The van der Waals surface area contributed by atoms with E-state index in [1.54, 1.807) is 43.4 Å². The second-order valence-corrected chi connectivity index (χ2v) is 11.6. The van der Waals surface area contributed by atoms with Crippen molar-refractivity contribution in [2.24, 2.45) is 0 Å². The van der Waals surface area contributed by atoms with Crippen LogP contribution >= 0.6 is 11.3 Å². The predicted octanol–water partition coefficient (Wildman–Crippen LogP) is 8.04. The first-order valence-corrected chi connectivity index (χ1v) is 15.0. The standard InChI is InChI=1S/C32H31NO5S2/c1-5-37-32(34)31-22(4)27-17-26(14-15-29(27)38-31)33(40(35)36)18-28(23-8-6-20(2)7-9-23)24-10-12-25(13-11-24)30-16-21(3)19-39-30/h6-17,19,28H,5,18H2,1-4H3,(H,35,36). The number of thiophene rings is 1. The van der Waals surface area contributed by atoms with Crippen molar-refractivity contribution in [3.05, 3.63) is 112 Å². The number of carbonyl (C=O) groups excluding carboxylic acids is 1. The Kier molecular flexibility index (Phi) is 8.21.